The van der Waals surface area contributed by atoms with Crippen LogP contribution in [-0.4, -0.2) is 31.9 Å². The van der Waals surface area contributed by atoms with Gasteiger partial charge in [0.2, 0.25) is 15.9 Å². The predicted molar refractivity (Wildman–Crippen MR) is 97.1 cm³/mol. The summed E-state index contributed by atoms with van der Waals surface area (Å²) < 4.78 is 29.5. The van der Waals surface area contributed by atoms with Crippen molar-refractivity contribution in [2.45, 2.75) is 19.5 Å². The number of nitrogens with one attached hydrogen (secondary N) is 1. The van der Waals surface area contributed by atoms with Crippen LogP contribution in [-0.2, 0) is 21.4 Å². The molecule has 1 amide bonds. The van der Waals surface area contributed by atoms with Crippen molar-refractivity contribution in [3.05, 3.63) is 65.6 Å². The fraction of sp³-hybridized carbons (Fsp3) is 0.278. The molecule has 2 rings (SSSR count). The molecule has 0 bridgehead atoms. The molecule has 2 aromatic rings. The second-order valence-electron chi connectivity index (χ2n) is 5.80. The average molecular weight is 362 g/mol. The lowest BCUT2D eigenvalue weighted by Gasteiger charge is -2.12. The van der Waals surface area contributed by atoms with Crippen LogP contribution in [0.4, 0.5) is 0 Å². The van der Waals surface area contributed by atoms with Gasteiger partial charge in [-0.2, -0.15) is 4.31 Å². The Morgan fingerprint density at radius 1 is 1.24 bits per heavy atom. The maximum absolute atomic E-state index is 12.0. The quantitative estimate of drug-likeness (QED) is 0.768. The third-order valence-corrected chi connectivity index (χ3v) is 4.95. The van der Waals surface area contributed by atoms with Gasteiger partial charge in [0.15, 0.2) is 0 Å². The van der Waals surface area contributed by atoms with Crippen LogP contribution in [0.15, 0.2) is 53.0 Å². The number of carbonyl (C=O) groups is 1. The maximum atomic E-state index is 12.0. The molecule has 0 aliphatic rings. The molecule has 7 heteroatoms. The Kier molecular flexibility index (Phi) is 6.17. The van der Waals surface area contributed by atoms with Crippen LogP contribution in [0.25, 0.3) is 6.08 Å². The normalized spacial score (nSPS) is 13.3. The number of carbonyl (C=O) groups excluding carboxylic acids is 1. The summed E-state index contributed by atoms with van der Waals surface area (Å²) in [6.45, 7) is 2.05. The van der Waals surface area contributed by atoms with E-state index in [2.05, 4.69) is 5.32 Å². The van der Waals surface area contributed by atoms with Crippen molar-refractivity contribution in [2.24, 2.45) is 0 Å². The van der Waals surface area contributed by atoms with Gasteiger partial charge in [-0.3, -0.25) is 4.79 Å². The number of nitrogens with zero attached hydrogens (tertiary/aromatic N) is 1. The molecule has 1 aromatic heterocycles. The summed E-state index contributed by atoms with van der Waals surface area (Å²) in [5.74, 6) is 0.757. The van der Waals surface area contributed by atoms with Gasteiger partial charge in [-0.05, 0) is 30.7 Å². The van der Waals surface area contributed by atoms with Gasteiger partial charge in [0, 0.05) is 13.1 Å². The van der Waals surface area contributed by atoms with E-state index in [-0.39, 0.29) is 18.5 Å². The highest BCUT2D eigenvalue weighted by Crippen LogP contribution is 2.14. The lowest BCUT2D eigenvalue weighted by atomic mass is 10.1. The van der Waals surface area contributed by atoms with E-state index in [1.54, 1.807) is 18.2 Å². The Balaban J connectivity index is 1.92. The molecular formula is C18H22N2O4S. The van der Waals surface area contributed by atoms with Gasteiger partial charge in [0.25, 0.3) is 0 Å². The smallest absolute Gasteiger partial charge is 0.244 e. The minimum absolute atomic E-state index is 0.103. The number of amides is 1. The van der Waals surface area contributed by atoms with Gasteiger partial charge in [-0.15, -0.1) is 0 Å². The molecule has 0 radical (unpaired) electrons. The Hall–Kier alpha value is -2.38. The molecule has 25 heavy (non-hydrogen) atoms. The first-order valence-corrected chi connectivity index (χ1v) is 9.64. The predicted octanol–water partition coefficient (Wildman–Crippen LogP) is 2.56. The standard InChI is InChI=1S/C18H22N2O4S/c1-14(15-7-5-4-6-8-15)19-18(21)12-11-16-9-10-17(24-16)13-20(2)25(3,22)23/h4-12,14H,13H2,1-3H3,(H,19,21)/b12-11+/t14-/m1/s1. The molecule has 1 heterocycles. The number of hydrogen-bond acceptors (Lipinski definition) is 4. The molecule has 1 N–H and O–H groups in total. The number of hydrogen-bond donors (Lipinski definition) is 1. The van der Waals surface area contributed by atoms with Crippen LogP contribution < -0.4 is 5.32 Å². The second kappa shape index (κ2) is 8.13. The van der Waals surface area contributed by atoms with Crippen molar-refractivity contribution >= 4 is 22.0 Å². The summed E-state index contributed by atoms with van der Waals surface area (Å²) in [7, 11) is -1.79. The SMILES string of the molecule is C[C@@H](NC(=O)/C=C/c1ccc(CN(C)S(C)(=O)=O)o1)c1ccccc1. The summed E-state index contributed by atoms with van der Waals surface area (Å²) in [6.07, 6.45) is 4.08. The zero-order valence-electron chi connectivity index (χ0n) is 14.5. The lowest BCUT2D eigenvalue weighted by Crippen LogP contribution is -2.24. The average Bonchev–Trinajstić information content (AvgIpc) is 3.00. The highest BCUT2D eigenvalue weighted by Gasteiger charge is 2.13. The summed E-state index contributed by atoms with van der Waals surface area (Å²) in [5, 5.41) is 2.87. The van der Waals surface area contributed by atoms with E-state index in [1.807, 2.05) is 37.3 Å². The van der Waals surface area contributed by atoms with Crippen LogP contribution >= 0.6 is 0 Å². The zero-order chi connectivity index (χ0) is 18.4. The van der Waals surface area contributed by atoms with Gasteiger partial charge in [0.05, 0.1) is 18.8 Å². The largest absolute Gasteiger partial charge is 0.460 e. The highest BCUT2D eigenvalue weighted by molar-refractivity contribution is 7.88. The van der Waals surface area contributed by atoms with Crippen molar-refractivity contribution < 1.29 is 17.6 Å². The highest BCUT2D eigenvalue weighted by atomic mass is 32.2. The summed E-state index contributed by atoms with van der Waals surface area (Å²) in [6, 6.07) is 12.9. The van der Waals surface area contributed by atoms with Crippen molar-refractivity contribution in [1.82, 2.24) is 9.62 Å². The number of benzene rings is 1. The molecule has 0 aliphatic heterocycles. The van der Waals surface area contributed by atoms with Crippen LogP contribution in [0.1, 0.15) is 30.0 Å². The van der Waals surface area contributed by atoms with Gasteiger partial charge in [0.1, 0.15) is 11.5 Å². The van der Waals surface area contributed by atoms with Gasteiger partial charge >= 0.3 is 0 Å². The Labute approximate surface area is 148 Å². The number of sulfonamides is 1. The Bertz CT molecular complexity index is 841. The Morgan fingerprint density at radius 2 is 1.92 bits per heavy atom. The van der Waals surface area contributed by atoms with E-state index in [1.165, 1.54) is 17.4 Å². The molecule has 0 aliphatic carbocycles. The minimum Gasteiger partial charge on any atom is -0.460 e. The van der Waals surface area contributed by atoms with Crippen molar-refractivity contribution in [3.63, 3.8) is 0 Å². The maximum Gasteiger partial charge on any atom is 0.244 e. The first-order chi connectivity index (χ1) is 11.8. The first-order valence-electron chi connectivity index (χ1n) is 7.79. The molecule has 0 saturated heterocycles. The Morgan fingerprint density at radius 3 is 2.56 bits per heavy atom. The summed E-state index contributed by atoms with van der Waals surface area (Å²) >= 11 is 0. The van der Waals surface area contributed by atoms with Crippen LogP contribution in [0.5, 0.6) is 0 Å². The van der Waals surface area contributed by atoms with Crippen molar-refractivity contribution in [3.8, 4) is 0 Å². The molecule has 1 atom stereocenters. The molecule has 0 spiro atoms. The zero-order valence-corrected chi connectivity index (χ0v) is 15.3. The molecule has 0 unspecified atom stereocenters. The topological polar surface area (TPSA) is 79.6 Å². The third kappa shape index (κ3) is 5.88. The van der Waals surface area contributed by atoms with E-state index >= 15 is 0 Å². The number of rotatable bonds is 7. The molecular weight excluding hydrogens is 340 g/mol. The molecule has 0 fully saturated rings. The molecule has 1 aromatic carbocycles. The summed E-state index contributed by atoms with van der Waals surface area (Å²) in [5.41, 5.74) is 1.02. The van der Waals surface area contributed by atoms with Crippen LogP contribution in [0.2, 0.25) is 0 Å². The summed E-state index contributed by atoms with van der Waals surface area (Å²) in [4.78, 5) is 12.0. The van der Waals surface area contributed by atoms with E-state index < -0.39 is 10.0 Å². The molecule has 0 saturated carbocycles. The fourth-order valence-electron chi connectivity index (χ4n) is 2.15. The van der Waals surface area contributed by atoms with Crippen LogP contribution in [0.3, 0.4) is 0 Å². The third-order valence-electron chi connectivity index (χ3n) is 3.68. The second-order valence-corrected chi connectivity index (χ2v) is 7.89. The fourth-order valence-corrected chi connectivity index (χ4v) is 2.51. The first kappa shape index (κ1) is 19.0. The van der Waals surface area contributed by atoms with E-state index in [4.69, 9.17) is 4.42 Å². The molecule has 6 nitrogen and oxygen atoms in total. The van der Waals surface area contributed by atoms with E-state index in [0.717, 1.165) is 11.8 Å². The van der Waals surface area contributed by atoms with E-state index in [0.29, 0.717) is 11.5 Å². The lowest BCUT2D eigenvalue weighted by molar-refractivity contribution is -0.117. The van der Waals surface area contributed by atoms with Crippen molar-refractivity contribution in [2.75, 3.05) is 13.3 Å². The monoisotopic (exact) mass is 362 g/mol. The minimum atomic E-state index is -3.27. The van der Waals surface area contributed by atoms with Gasteiger partial charge in [-0.25, -0.2) is 8.42 Å². The number of furan rings is 1. The van der Waals surface area contributed by atoms with Crippen molar-refractivity contribution in [1.29, 1.82) is 0 Å². The van der Waals surface area contributed by atoms with Gasteiger partial charge in [-0.1, -0.05) is 30.3 Å². The van der Waals surface area contributed by atoms with E-state index in [9.17, 15) is 13.2 Å². The van der Waals surface area contributed by atoms with Crippen LogP contribution in [0, 0.1) is 0 Å². The molecule has 134 valence electrons. The van der Waals surface area contributed by atoms with Gasteiger partial charge < -0.3 is 9.73 Å².